The van der Waals surface area contributed by atoms with Gasteiger partial charge in [0.05, 0.1) is 0 Å². The maximum atomic E-state index is 12.0. The van der Waals surface area contributed by atoms with Gasteiger partial charge in [-0.15, -0.1) is 5.92 Å². The highest BCUT2D eigenvalue weighted by Gasteiger charge is 2.63. The summed E-state index contributed by atoms with van der Waals surface area (Å²) in [6, 6.07) is 0. The summed E-state index contributed by atoms with van der Waals surface area (Å²) in [4.78, 5) is 12.0. The minimum absolute atomic E-state index is 0.0619. The first-order valence-corrected chi connectivity index (χ1v) is 12.4. The van der Waals surface area contributed by atoms with Crippen LogP contribution in [-0.2, 0) is 4.79 Å². The van der Waals surface area contributed by atoms with Crippen LogP contribution in [0.2, 0.25) is 0 Å². The quantitative estimate of drug-likeness (QED) is 0.246. The van der Waals surface area contributed by atoms with Gasteiger partial charge in [0.25, 0.3) is 0 Å². The van der Waals surface area contributed by atoms with E-state index in [4.69, 9.17) is 0 Å². The van der Waals surface area contributed by atoms with E-state index in [2.05, 4.69) is 48.3 Å². The molecule has 0 spiro atoms. The number of halogens is 1. The SMILES string of the molecule is C[C@]12CCC(=O)C=C1CC[C@@H]1[C@@H]2CC[C@@]2(C)[C@H]1CC[C@@]2(O)C#CCCCI. The largest absolute Gasteiger partial charge is 0.377 e. The number of hydrogen-bond acceptors (Lipinski definition) is 2. The van der Waals surface area contributed by atoms with Crippen molar-refractivity contribution in [2.24, 2.45) is 28.6 Å². The third-order valence-electron chi connectivity index (χ3n) is 8.84. The van der Waals surface area contributed by atoms with E-state index in [0.717, 1.165) is 55.8 Å². The second-order valence-corrected chi connectivity index (χ2v) is 11.0. The van der Waals surface area contributed by atoms with E-state index in [-0.39, 0.29) is 10.8 Å². The molecule has 6 atom stereocenters. The maximum absolute atomic E-state index is 12.0. The van der Waals surface area contributed by atoms with E-state index in [0.29, 0.717) is 23.5 Å². The Morgan fingerprint density at radius 1 is 1.15 bits per heavy atom. The van der Waals surface area contributed by atoms with Gasteiger partial charge in [-0.05, 0) is 80.6 Å². The topological polar surface area (TPSA) is 37.3 Å². The van der Waals surface area contributed by atoms with Crippen LogP contribution in [0.1, 0.15) is 78.1 Å². The second kappa shape index (κ2) is 7.17. The molecule has 148 valence electrons. The zero-order valence-corrected chi connectivity index (χ0v) is 19.0. The average molecular weight is 480 g/mol. The molecule has 0 radical (unpaired) electrons. The molecule has 0 bridgehead atoms. The lowest BCUT2D eigenvalue weighted by Gasteiger charge is -2.58. The van der Waals surface area contributed by atoms with Crippen LogP contribution in [-0.4, -0.2) is 20.9 Å². The summed E-state index contributed by atoms with van der Waals surface area (Å²) in [5.41, 5.74) is 0.779. The minimum atomic E-state index is -0.798. The zero-order chi connectivity index (χ0) is 19.3. The lowest BCUT2D eigenvalue weighted by Crippen LogP contribution is -2.54. The molecule has 2 nitrogen and oxygen atoms in total. The summed E-state index contributed by atoms with van der Waals surface area (Å²) in [5.74, 6) is 8.93. The molecule has 4 aliphatic rings. The Morgan fingerprint density at radius 3 is 2.70 bits per heavy atom. The van der Waals surface area contributed by atoms with E-state index in [1.165, 1.54) is 18.4 Å². The Hall–Kier alpha value is -0.340. The third kappa shape index (κ3) is 3.05. The molecule has 0 saturated heterocycles. The summed E-state index contributed by atoms with van der Waals surface area (Å²) in [6.45, 7) is 4.75. The van der Waals surface area contributed by atoms with Gasteiger partial charge < -0.3 is 5.11 Å². The summed E-state index contributed by atoms with van der Waals surface area (Å²) in [7, 11) is 0. The molecule has 0 aromatic rings. The van der Waals surface area contributed by atoms with E-state index >= 15 is 0 Å². The zero-order valence-electron chi connectivity index (χ0n) is 16.8. The molecule has 0 aromatic heterocycles. The fourth-order valence-electron chi connectivity index (χ4n) is 7.14. The van der Waals surface area contributed by atoms with Crippen molar-refractivity contribution >= 4 is 28.4 Å². The highest BCUT2D eigenvalue weighted by molar-refractivity contribution is 14.1. The molecular weight excluding hydrogens is 447 g/mol. The van der Waals surface area contributed by atoms with Crippen molar-refractivity contribution in [2.75, 3.05) is 4.43 Å². The molecule has 0 aliphatic heterocycles. The molecule has 3 saturated carbocycles. The fourth-order valence-corrected chi connectivity index (χ4v) is 7.53. The number of alkyl halides is 1. The van der Waals surface area contributed by atoms with Crippen molar-refractivity contribution in [1.82, 2.24) is 0 Å². The van der Waals surface area contributed by atoms with Gasteiger partial charge in [-0.2, -0.15) is 0 Å². The van der Waals surface area contributed by atoms with Crippen LogP contribution in [0.3, 0.4) is 0 Å². The molecule has 27 heavy (non-hydrogen) atoms. The van der Waals surface area contributed by atoms with Gasteiger partial charge in [-0.25, -0.2) is 0 Å². The number of fused-ring (bicyclic) bond motifs is 5. The Morgan fingerprint density at radius 2 is 1.93 bits per heavy atom. The van der Waals surface area contributed by atoms with Crippen LogP contribution in [0.5, 0.6) is 0 Å². The van der Waals surface area contributed by atoms with Crippen molar-refractivity contribution in [2.45, 2.75) is 83.7 Å². The number of ketones is 1. The van der Waals surface area contributed by atoms with E-state index in [1.807, 2.05) is 6.08 Å². The summed E-state index contributed by atoms with van der Waals surface area (Å²) >= 11 is 2.39. The predicted molar refractivity (Wildman–Crippen MR) is 118 cm³/mol. The Balaban J connectivity index is 1.60. The standard InChI is InChI=1S/C24H33IO2/c1-22-12-8-18(26)16-17(22)6-7-19-20(22)9-13-23(2)21(19)10-14-24(23,27)11-4-3-5-15-25/h16,19-21,27H,3,5-10,12-15H2,1-2H3/t19-,20+,21+,22+,23+,24+/m1/s1. The van der Waals surface area contributed by atoms with Crippen LogP contribution >= 0.6 is 22.6 Å². The summed E-state index contributed by atoms with van der Waals surface area (Å²) in [6.07, 6.45) is 12.2. The van der Waals surface area contributed by atoms with Gasteiger partial charge in [0.15, 0.2) is 5.78 Å². The normalized spacial score (nSPS) is 45.9. The highest BCUT2D eigenvalue weighted by Crippen LogP contribution is 2.67. The van der Waals surface area contributed by atoms with Gasteiger partial charge in [0.2, 0.25) is 0 Å². The second-order valence-electron chi connectivity index (χ2n) is 9.92. The lowest BCUT2D eigenvalue weighted by atomic mass is 9.46. The number of aliphatic hydroxyl groups is 1. The molecule has 4 aliphatic carbocycles. The van der Waals surface area contributed by atoms with Crippen LogP contribution in [0.15, 0.2) is 11.6 Å². The average Bonchev–Trinajstić information content (AvgIpc) is 2.91. The fraction of sp³-hybridized carbons (Fsp3) is 0.792. The molecule has 3 fully saturated rings. The Labute approximate surface area is 178 Å². The van der Waals surface area contributed by atoms with Gasteiger partial charge in [-0.1, -0.05) is 47.9 Å². The van der Waals surface area contributed by atoms with Crippen molar-refractivity contribution < 1.29 is 9.90 Å². The molecule has 1 N–H and O–H groups in total. The lowest BCUT2D eigenvalue weighted by molar-refractivity contribution is -0.119. The van der Waals surface area contributed by atoms with E-state index in [9.17, 15) is 9.90 Å². The van der Waals surface area contributed by atoms with Gasteiger partial charge >= 0.3 is 0 Å². The van der Waals surface area contributed by atoms with Gasteiger partial charge in [0.1, 0.15) is 5.60 Å². The van der Waals surface area contributed by atoms with E-state index in [1.54, 1.807) is 0 Å². The first kappa shape index (κ1) is 20.0. The van der Waals surface area contributed by atoms with Crippen molar-refractivity contribution in [3.05, 3.63) is 11.6 Å². The number of hydrogen-bond donors (Lipinski definition) is 1. The van der Waals surface area contributed by atoms with Gasteiger partial charge in [-0.3, -0.25) is 4.79 Å². The summed E-state index contributed by atoms with van der Waals surface area (Å²) in [5, 5.41) is 11.5. The predicted octanol–water partition coefficient (Wildman–Crippen LogP) is 5.47. The highest BCUT2D eigenvalue weighted by atomic mass is 127. The maximum Gasteiger partial charge on any atom is 0.155 e. The Bertz CT molecular complexity index is 716. The minimum Gasteiger partial charge on any atom is -0.377 e. The first-order valence-electron chi connectivity index (χ1n) is 10.9. The number of carbonyl (C=O) groups excluding carboxylic acids is 1. The van der Waals surface area contributed by atoms with Crippen molar-refractivity contribution in [3.8, 4) is 11.8 Å². The van der Waals surface area contributed by atoms with Crippen LogP contribution in [0.4, 0.5) is 0 Å². The molecule has 0 aromatic carbocycles. The smallest absolute Gasteiger partial charge is 0.155 e. The van der Waals surface area contributed by atoms with Crippen molar-refractivity contribution in [1.29, 1.82) is 0 Å². The molecule has 4 rings (SSSR count). The van der Waals surface area contributed by atoms with Crippen LogP contribution < -0.4 is 0 Å². The molecule has 0 heterocycles. The molecule has 0 unspecified atom stereocenters. The van der Waals surface area contributed by atoms with E-state index < -0.39 is 5.60 Å². The number of allylic oxidation sites excluding steroid dienone is 1. The molecule has 0 amide bonds. The van der Waals surface area contributed by atoms with Crippen molar-refractivity contribution in [3.63, 3.8) is 0 Å². The van der Waals surface area contributed by atoms with Crippen LogP contribution in [0, 0.1) is 40.4 Å². The third-order valence-corrected chi connectivity index (χ3v) is 9.61. The van der Waals surface area contributed by atoms with Crippen LogP contribution in [0.25, 0.3) is 0 Å². The van der Waals surface area contributed by atoms with Gasteiger partial charge in [0, 0.05) is 22.7 Å². The molecular formula is C24H33IO2. The monoisotopic (exact) mass is 480 g/mol. The summed E-state index contributed by atoms with van der Waals surface area (Å²) < 4.78 is 1.13. The number of rotatable bonds is 2. The Kier molecular flexibility index (Phi) is 5.30. The molecule has 3 heteroatoms. The number of unbranched alkanes of at least 4 members (excludes halogenated alkanes) is 1. The first-order chi connectivity index (χ1) is 12.8. The number of carbonyl (C=O) groups is 1.